The zero-order chi connectivity index (χ0) is 14.3. The molecule has 0 bridgehead atoms. The van der Waals surface area contributed by atoms with Gasteiger partial charge in [0.15, 0.2) is 6.61 Å². The first-order valence-corrected chi connectivity index (χ1v) is 6.64. The van der Waals surface area contributed by atoms with Crippen LogP contribution < -0.4 is 15.8 Å². The Balaban J connectivity index is 0.00000361. The zero-order valence-corrected chi connectivity index (χ0v) is 13.3. The summed E-state index contributed by atoms with van der Waals surface area (Å²) in [5, 5.41) is 2.77. The molecule has 0 aliphatic rings. The summed E-state index contributed by atoms with van der Waals surface area (Å²) in [6, 6.07) is 7.82. The number of nitrogens with two attached hydrogens (primary N) is 1. The molecule has 4 nitrogen and oxygen atoms in total. The van der Waals surface area contributed by atoms with Gasteiger partial charge in [-0.1, -0.05) is 39.0 Å². The van der Waals surface area contributed by atoms with Crippen LogP contribution in [-0.2, 0) is 10.2 Å². The second kappa shape index (κ2) is 8.82. The number of rotatable bonds is 6. The third kappa shape index (κ3) is 6.26. The fraction of sp³-hybridized carbons (Fsp3) is 0.533. The van der Waals surface area contributed by atoms with Crippen molar-refractivity contribution in [1.29, 1.82) is 0 Å². The van der Waals surface area contributed by atoms with Crippen molar-refractivity contribution in [2.45, 2.75) is 32.6 Å². The molecule has 0 spiro atoms. The van der Waals surface area contributed by atoms with E-state index in [1.54, 1.807) is 0 Å². The normalized spacial score (nSPS) is 10.6. The molecule has 0 fully saturated rings. The van der Waals surface area contributed by atoms with E-state index < -0.39 is 0 Å². The highest BCUT2D eigenvalue weighted by Gasteiger charge is 2.18. The predicted octanol–water partition coefficient (Wildman–Crippen LogP) is 2.25. The minimum Gasteiger partial charge on any atom is -0.483 e. The quantitative estimate of drug-likeness (QED) is 0.792. The second-order valence-corrected chi connectivity index (χ2v) is 5.53. The van der Waals surface area contributed by atoms with Gasteiger partial charge in [0, 0.05) is 6.54 Å². The maximum Gasteiger partial charge on any atom is 0.257 e. The lowest BCUT2D eigenvalue weighted by Crippen LogP contribution is -2.31. The van der Waals surface area contributed by atoms with Crippen LogP contribution in [0.1, 0.15) is 32.8 Å². The van der Waals surface area contributed by atoms with E-state index in [1.165, 1.54) is 0 Å². The van der Waals surface area contributed by atoms with Gasteiger partial charge in [0.25, 0.3) is 5.91 Å². The molecule has 0 radical (unpaired) electrons. The summed E-state index contributed by atoms with van der Waals surface area (Å²) in [6.07, 6.45) is 0.782. The van der Waals surface area contributed by atoms with Crippen molar-refractivity contribution in [2.75, 3.05) is 19.7 Å². The molecule has 0 heterocycles. The Bertz CT molecular complexity index is 417. The molecule has 0 atom stereocenters. The van der Waals surface area contributed by atoms with E-state index in [4.69, 9.17) is 10.5 Å². The number of halogens is 1. The number of benzene rings is 1. The van der Waals surface area contributed by atoms with Crippen molar-refractivity contribution in [3.63, 3.8) is 0 Å². The Kier molecular flexibility index (Phi) is 8.26. The molecular weight excluding hydrogens is 276 g/mol. The average Bonchev–Trinajstić information content (AvgIpc) is 2.36. The van der Waals surface area contributed by atoms with E-state index in [0.29, 0.717) is 13.1 Å². The van der Waals surface area contributed by atoms with Crippen molar-refractivity contribution in [3.05, 3.63) is 29.8 Å². The lowest BCUT2D eigenvalue weighted by atomic mass is 9.86. The molecule has 0 aliphatic carbocycles. The molecule has 0 aliphatic heterocycles. The molecular formula is C15H25ClN2O2. The SMILES string of the molecule is CC(C)(C)c1ccccc1OCC(=O)NCCCN.Cl. The molecule has 1 aromatic carbocycles. The summed E-state index contributed by atoms with van der Waals surface area (Å²) < 4.78 is 5.61. The van der Waals surface area contributed by atoms with E-state index in [-0.39, 0.29) is 30.3 Å². The third-order valence-corrected chi connectivity index (χ3v) is 2.76. The van der Waals surface area contributed by atoms with E-state index in [9.17, 15) is 4.79 Å². The van der Waals surface area contributed by atoms with Crippen LogP contribution in [0.2, 0.25) is 0 Å². The summed E-state index contributed by atoms with van der Waals surface area (Å²) in [4.78, 5) is 11.6. The van der Waals surface area contributed by atoms with Crippen LogP contribution >= 0.6 is 12.4 Å². The van der Waals surface area contributed by atoms with Gasteiger partial charge in [-0.3, -0.25) is 4.79 Å². The van der Waals surface area contributed by atoms with Crippen LogP contribution in [-0.4, -0.2) is 25.6 Å². The standard InChI is InChI=1S/C15H24N2O2.ClH/c1-15(2,3)12-7-4-5-8-13(12)19-11-14(18)17-10-6-9-16;/h4-5,7-8H,6,9-11,16H2,1-3H3,(H,17,18);1H. The summed E-state index contributed by atoms with van der Waals surface area (Å²) in [5.41, 5.74) is 6.46. The zero-order valence-electron chi connectivity index (χ0n) is 12.4. The summed E-state index contributed by atoms with van der Waals surface area (Å²) in [5.74, 6) is 0.654. The van der Waals surface area contributed by atoms with Gasteiger partial charge in [-0.25, -0.2) is 0 Å². The summed E-state index contributed by atoms with van der Waals surface area (Å²) in [7, 11) is 0. The molecule has 0 unspecified atom stereocenters. The molecule has 3 N–H and O–H groups in total. The highest BCUT2D eigenvalue weighted by Crippen LogP contribution is 2.30. The van der Waals surface area contributed by atoms with Crippen LogP contribution in [0.3, 0.4) is 0 Å². The van der Waals surface area contributed by atoms with E-state index in [2.05, 4.69) is 26.1 Å². The summed E-state index contributed by atoms with van der Waals surface area (Å²) in [6.45, 7) is 7.58. The van der Waals surface area contributed by atoms with E-state index in [0.717, 1.165) is 17.7 Å². The monoisotopic (exact) mass is 300 g/mol. The van der Waals surface area contributed by atoms with Gasteiger partial charge in [0.05, 0.1) is 0 Å². The molecule has 1 aromatic rings. The molecule has 20 heavy (non-hydrogen) atoms. The second-order valence-electron chi connectivity index (χ2n) is 5.53. The van der Waals surface area contributed by atoms with Crippen LogP contribution in [0.15, 0.2) is 24.3 Å². The molecule has 114 valence electrons. The fourth-order valence-corrected chi connectivity index (χ4v) is 1.74. The lowest BCUT2D eigenvalue weighted by molar-refractivity contribution is -0.123. The van der Waals surface area contributed by atoms with Crippen molar-refractivity contribution in [1.82, 2.24) is 5.32 Å². The van der Waals surface area contributed by atoms with Crippen molar-refractivity contribution >= 4 is 18.3 Å². The van der Waals surface area contributed by atoms with Crippen LogP contribution in [0.25, 0.3) is 0 Å². The number of hydrogen-bond acceptors (Lipinski definition) is 3. The first kappa shape index (κ1) is 18.7. The maximum atomic E-state index is 11.6. The smallest absolute Gasteiger partial charge is 0.257 e. The topological polar surface area (TPSA) is 64.3 Å². The molecule has 0 saturated heterocycles. The van der Waals surface area contributed by atoms with Crippen molar-refractivity contribution in [3.8, 4) is 5.75 Å². The first-order valence-electron chi connectivity index (χ1n) is 6.64. The predicted molar refractivity (Wildman–Crippen MR) is 84.6 cm³/mol. The highest BCUT2D eigenvalue weighted by atomic mass is 35.5. The molecule has 1 amide bonds. The Labute approximate surface area is 127 Å². The third-order valence-electron chi connectivity index (χ3n) is 2.76. The van der Waals surface area contributed by atoms with Gasteiger partial charge in [-0.05, 0) is 30.0 Å². The lowest BCUT2D eigenvalue weighted by Gasteiger charge is -2.22. The van der Waals surface area contributed by atoms with Crippen LogP contribution in [0, 0.1) is 0 Å². The van der Waals surface area contributed by atoms with Crippen LogP contribution in [0.5, 0.6) is 5.75 Å². The van der Waals surface area contributed by atoms with Crippen molar-refractivity contribution in [2.24, 2.45) is 5.73 Å². The Morgan fingerprint density at radius 3 is 2.55 bits per heavy atom. The largest absolute Gasteiger partial charge is 0.483 e. The molecule has 0 saturated carbocycles. The van der Waals surface area contributed by atoms with Crippen LogP contribution in [0.4, 0.5) is 0 Å². The van der Waals surface area contributed by atoms with E-state index in [1.807, 2.05) is 24.3 Å². The van der Waals surface area contributed by atoms with Crippen molar-refractivity contribution < 1.29 is 9.53 Å². The van der Waals surface area contributed by atoms with Gasteiger partial charge in [-0.2, -0.15) is 0 Å². The van der Waals surface area contributed by atoms with E-state index >= 15 is 0 Å². The minimum atomic E-state index is -0.114. The van der Waals surface area contributed by atoms with Gasteiger partial charge < -0.3 is 15.8 Å². The Hall–Kier alpha value is -1.26. The average molecular weight is 301 g/mol. The Morgan fingerprint density at radius 2 is 1.95 bits per heavy atom. The number of nitrogens with one attached hydrogen (secondary N) is 1. The number of carbonyl (C=O) groups excluding carboxylic acids is 1. The van der Waals surface area contributed by atoms with Gasteiger partial charge in [-0.15, -0.1) is 12.4 Å². The minimum absolute atomic E-state index is 0. The maximum absolute atomic E-state index is 11.6. The number of amides is 1. The molecule has 0 aromatic heterocycles. The highest BCUT2D eigenvalue weighted by molar-refractivity contribution is 5.85. The number of ether oxygens (including phenoxy) is 1. The number of carbonyl (C=O) groups is 1. The summed E-state index contributed by atoms with van der Waals surface area (Å²) >= 11 is 0. The van der Waals surface area contributed by atoms with Gasteiger partial charge in [0.1, 0.15) is 5.75 Å². The molecule has 5 heteroatoms. The van der Waals surface area contributed by atoms with Gasteiger partial charge in [0.2, 0.25) is 0 Å². The fourth-order valence-electron chi connectivity index (χ4n) is 1.74. The Morgan fingerprint density at radius 1 is 1.30 bits per heavy atom. The first-order chi connectivity index (χ1) is 8.95. The number of hydrogen-bond donors (Lipinski definition) is 2. The van der Waals surface area contributed by atoms with Gasteiger partial charge >= 0.3 is 0 Å². The number of para-hydroxylation sites is 1. The molecule has 1 rings (SSSR count).